The van der Waals surface area contributed by atoms with E-state index in [2.05, 4.69) is 35.7 Å². The Labute approximate surface area is 211 Å². The number of hydrogen-bond donors (Lipinski definition) is 2. The van der Waals surface area contributed by atoms with Crippen molar-refractivity contribution in [3.8, 4) is 0 Å². The van der Waals surface area contributed by atoms with Crippen molar-refractivity contribution in [2.24, 2.45) is 5.10 Å². The standard InChI is InChI=1S/C25H23BrN4O4S/c1-17-14-20(18(2)30(17)16-23-4-3-13-34-23)15-27-28-25(31)19-5-9-22(10-6-19)29-35(32,33)24-11-7-21(26)8-12-24/h3-15,29H,16H2,1-2H3,(H,28,31)/b27-15+. The molecular weight excluding hydrogens is 532 g/mol. The molecule has 4 aromatic rings. The van der Waals surface area contributed by atoms with E-state index in [0.29, 0.717) is 17.8 Å². The number of aryl methyl sites for hydroxylation is 1. The van der Waals surface area contributed by atoms with Crippen LogP contribution in [-0.4, -0.2) is 25.1 Å². The lowest BCUT2D eigenvalue weighted by molar-refractivity contribution is 0.0955. The van der Waals surface area contributed by atoms with Gasteiger partial charge in [-0.1, -0.05) is 15.9 Å². The fourth-order valence-corrected chi connectivity index (χ4v) is 4.83. The van der Waals surface area contributed by atoms with Gasteiger partial charge < -0.3 is 8.98 Å². The van der Waals surface area contributed by atoms with E-state index in [4.69, 9.17) is 4.42 Å². The van der Waals surface area contributed by atoms with E-state index in [1.807, 2.05) is 32.0 Å². The fraction of sp³-hybridized carbons (Fsp3) is 0.120. The summed E-state index contributed by atoms with van der Waals surface area (Å²) < 4.78 is 35.9. The zero-order valence-electron chi connectivity index (χ0n) is 19.0. The first kappa shape index (κ1) is 24.5. The topological polar surface area (TPSA) is 106 Å². The SMILES string of the molecule is Cc1cc(/C=N/NC(=O)c2ccc(NS(=O)(=O)c3ccc(Br)cc3)cc2)c(C)n1Cc1ccco1. The second-order valence-electron chi connectivity index (χ2n) is 7.83. The van der Waals surface area contributed by atoms with E-state index < -0.39 is 15.9 Å². The molecule has 2 heterocycles. The average Bonchev–Trinajstić information content (AvgIpc) is 3.43. The van der Waals surface area contributed by atoms with Crippen molar-refractivity contribution in [3.63, 3.8) is 0 Å². The Hall–Kier alpha value is -3.63. The Kier molecular flexibility index (Phi) is 7.23. The highest BCUT2D eigenvalue weighted by Gasteiger charge is 2.14. The number of benzene rings is 2. The van der Waals surface area contributed by atoms with Gasteiger partial charge in [-0.05, 0) is 80.6 Å². The first-order valence-corrected chi connectivity index (χ1v) is 12.9. The maximum absolute atomic E-state index is 12.5. The number of nitrogens with one attached hydrogen (secondary N) is 2. The van der Waals surface area contributed by atoms with Gasteiger partial charge in [0.25, 0.3) is 15.9 Å². The molecule has 0 aliphatic carbocycles. The zero-order chi connectivity index (χ0) is 25.0. The first-order valence-electron chi connectivity index (χ1n) is 10.6. The Bertz CT molecular complexity index is 1460. The summed E-state index contributed by atoms with van der Waals surface area (Å²) in [5.74, 6) is 0.444. The number of hydrazone groups is 1. The van der Waals surface area contributed by atoms with Gasteiger partial charge in [-0.3, -0.25) is 9.52 Å². The molecule has 2 N–H and O–H groups in total. The number of aromatic nitrogens is 1. The van der Waals surface area contributed by atoms with Gasteiger partial charge in [0.05, 0.1) is 23.9 Å². The van der Waals surface area contributed by atoms with Crippen molar-refractivity contribution in [2.75, 3.05) is 4.72 Å². The summed E-state index contributed by atoms with van der Waals surface area (Å²) >= 11 is 3.28. The predicted molar refractivity (Wildman–Crippen MR) is 138 cm³/mol. The van der Waals surface area contributed by atoms with Crippen molar-refractivity contribution in [3.05, 3.63) is 106 Å². The largest absolute Gasteiger partial charge is 0.467 e. The number of anilines is 1. The van der Waals surface area contributed by atoms with Crippen molar-refractivity contribution < 1.29 is 17.6 Å². The predicted octanol–water partition coefficient (Wildman–Crippen LogP) is 5.07. The van der Waals surface area contributed by atoms with Crippen LogP contribution in [0.3, 0.4) is 0 Å². The number of amides is 1. The second-order valence-corrected chi connectivity index (χ2v) is 10.4. The Morgan fingerprint density at radius 1 is 1.09 bits per heavy atom. The fourth-order valence-electron chi connectivity index (χ4n) is 3.50. The number of hydrogen-bond acceptors (Lipinski definition) is 5. The van der Waals surface area contributed by atoms with E-state index in [9.17, 15) is 13.2 Å². The third kappa shape index (κ3) is 5.90. The molecule has 0 saturated carbocycles. The van der Waals surface area contributed by atoms with Crippen LogP contribution in [-0.2, 0) is 16.6 Å². The van der Waals surface area contributed by atoms with E-state index >= 15 is 0 Å². The summed E-state index contributed by atoms with van der Waals surface area (Å²) in [7, 11) is -3.73. The summed E-state index contributed by atoms with van der Waals surface area (Å²) in [6.45, 7) is 4.59. The molecule has 0 radical (unpaired) electrons. The molecule has 180 valence electrons. The number of carbonyl (C=O) groups is 1. The number of sulfonamides is 1. The van der Waals surface area contributed by atoms with Gasteiger partial charge in [0.2, 0.25) is 0 Å². The van der Waals surface area contributed by atoms with Crippen LogP contribution in [0.25, 0.3) is 0 Å². The molecule has 1 amide bonds. The number of nitrogens with zero attached hydrogens (tertiary/aromatic N) is 2. The average molecular weight is 555 g/mol. The molecular formula is C25H23BrN4O4S. The minimum atomic E-state index is -3.73. The van der Waals surface area contributed by atoms with Gasteiger partial charge in [0.1, 0.15) is 5.76 Å². The molecule has 35 heavy (non-hydrogen) atoms. The molecule has 0 atom stereocenters. The van der Waals surface area contributed by atoms with Crippen LogP contribution >= 0.6 is 15.9 Å². The van der Waals surface area contributed by atoms with E-state index in [0.717, 1.165) is 27.2 Å². The van der Waals surface area contributed by atoms with E-state index in [-0.39, 0.29) is 4.90 Å². The number of rotatable bonds is 8. The minimum absolute atomic E-state index is 0.139. The Morgan fingerprint density at radius 3 is 2.46 bits per heavy atom. The summed E-state index contributed by atoms with van der Waals surface area (Å²) in [4.78, 5) is 12.6. The van der Waals surface area contributed by atoms with Crippen molar-refractivity contribution in [1.82, 2.24) is 9.99 Å². The van der Waals surface area contributed by atoms with Crippen LogP contribution in [0.5, 0.6) is 0 Å². The molecule has 10 heteroatoms. The molecule has 4 rings (SSSR count). The maximum Gasteiger partial charge on any atom is 0.271 e. The van der Waals surface area contributed by atoms with Crippen molar-refractivity contribution >= 4 is 43.8 Å². The van der Waals surface area contributed by atoms with Gasteiger partial charge in [-0.2, -0.15) is 5.10 Å². The van der Waals surface area contributed by atoms with Crippen LogP contribution in [0, 0.1) is 13.8 Å². The summed E-state index contributed by atoms with van der Waals surface area (Å²) in [5, 5.41) is 4.08. The van der Waals surface area contributed by atoms with Crippen LogP contribution < -0.4 is 10.1 Å². The summed E-state index contributed by atoms with van der Waals surface area (Å²) in [5.41, 5.74) is 6.13. The highest BCUT2D eigenvalue weighted by atomic mass is 79.9. The van der Waals surface area contributed by atoms with Crippen LogP contribution in [0.15, 0.2) is 91.9 Å². The monoisotopic (exact) mass is 554 g/mol. The highest BCUT2D eigenvalue weighted by molar-refractivity contribution is 9.10. The minimum Gasteiger partial charge on any atom is -0.467 e. The third-order valence-corrected chi connectivity index (χ3v) is 7.33. The quantitative estimate of drug-likeness (QED) is 0.234. The van der Waals surface area contributed by atoms with Gasteiger partial charge in [0, 0.05) is 32.7 Å². The van der Waals surface area contributed by atoms with Gasteiger partial charge >= 0.3 is 0 Å². The van der Waals surface area contributed by atoms with Gasteiger partial charge in [-0.25, -0.2) is 13.8 Å². The molecule has 0 bridgehead atoms. The number of furan rings is 1. The molecule has 0 aliphatic heterocycles. The van der Waals surface area contributed by atoms with Crippen molar-refractivity contribution in [1.29, 1.82) is 0 Å². The summed E-state index contributed by atoms with van der Waals surface area (Å²) in [6.07, 6.45) is 3.24. The third-order valence-electron chi connectivity index (χ3n) is 5.40. The maximum atomic E-state index is 12.5. The Balaban J connectivity index is 1.38. The molecule has 0 saturated heterocycles. The van der Waals surface area contributed by atoms with Gasteiger partial charge in [0.15, 0.2) is 0 Å². The smallest absolute Gasteiger partial charge is 0.271 e. The number of carbonyl (C=O) groups excluding carboxylic acids is 1. The van der Waals surface area contributed by atoms with Crippen LogP contribution in [0.2, 0.25) is 0 Å². The Morgan fingerprint density at radius 2 is 1.80 bits per heavy atom. The molecule has 0 fully saturated rings. The number of halogens is 1. The first-order chi connectivity index (χ1) is 16.7. The second kappa shape index (κ2) is 10.3. The molecule has 0 unspecified atom stereocenters. The lowest BCUT2D eigenvalue weighted by Gasteiger charge is -2.09. The van der Waals surface area contributed by atoms with Crippen molar-refractivity contribution in [2.45, 2.75) is 25.3 Å². The molecule has 2 aromatic carbocycles. The van der Waals surface area contributed by atoms with E-state index in [1.54, 1.807) is 24.6 Å². The zero-order valence-corrected chi connectivity index (χ0v) is 21.4. The van der Waals surface area contributed by atoms with Crippen LogP contribution in [0.4, 0.5) is 5.69 Å². The summed E-state index contributed by atoms with van der Waals surface area (Å²) in [6, 6.07) is 18.2. The van der Waals surface area contributed by atoms with E-state index in [1.165, 1.54) is 36.4 Å². The van der Waals surface area contributed by atoms with Gasteiger partial charge in [-0.15, -0.1) is 0 Å². The molecule has 0 aliphatic rings. The molecule has 0 spiro atoms. The highest BCUT2D eigenvalue weighted by Crippen LogP contribution is 2.19. The molecule has 2 aromatic heterocycles. The molecule has 8 nitrogen and oxygen atoms in total. The lowest BCUT2D eigenvalue weighted by Crippen LogP contribution is -2.18. The van der Waals surface area contributed by atoms with Crippen LogP contribution in [0.1, 0.15) is 33.1 Å². The normalized spacial score (nSPS) is 11.6. The lowest BCUT2D eigenvalue weighted by atomic mass is 10.2.